The number of fused-ring (bicyclic) bond motifs is 1. The topological polar surface area (TPSA) is 52.7 Å². The van der Waals surface area contributed by atoms with Gasteiger partial charge in [-0.25, -0.2) is 4.79 Å². The van der Waals surface area contributed by atoms with Crippen molar-refractivity contribution in [3.05, 3.63) is 0 Å². The van der Waals surface area contributed by atoms with Crippen molar-refractivity contribution in [2.24, 2.45) is 0 Å². The van der Waals surface area contributed by atoms with E-state index in [0.29, 0.717) is 37.9 Å². The van der Waals surface area contributed by atoms with Gasteiger partial charge >= 0.3 is 6.03 Å². The van der Waals surface area contributed by atoms with Gasteiger partial charge in [0.15, 0.2) is 0 Å². The minimum atomic E-state index is 0.00703. The molecule has 0 radical (unpaired) electrons. The standard InChI is InChI=1S/C9H14BrN3O2/c10-2-1-8(14)12-3-4-13-7(6-12)5-11-9(13)15/h7H,1-6H2,(H,11,15). The van der Waals surface area contributed by atoms with Crippen LogP contribution in [-0.4, -0.2) is 59.3 Å². The number of piperazine rings is 1. The lowest BCUT2D eigenvalue weighted by Gasteiger charge is -2.36. The highest BCUT2D eigenvalue weighted by Gasteiger charge is 2.36. The third kappa shape index (κ3) is 2.09. The van der Waals surface area contributed by atoms with Crippen LogP contribution < -0.4 is 5.32 Å². The van der Waals surface area contributed by atoms with Crippen LogP contribution in [0.3, 0.4) is 0 Å². The summed E-state index contributed by atoms with van der Waals surface area (Å²) in [6.45, 7) is 2.65. The van der Waals surface area contributed by atoms with Crippen molar-refractivity contribution in [2.75, 3.05) is 31.5 Å². The molecule has 2 saturated heterocycles. The third-order valence-electron chi connectivity index (χ3n) is 2.89. The molecule has 2 fully saturated rings. The molecule has 0 bridgehead atoms. The van der Waals surface area contributed by atoms with Gasteiger partial charge in [-0.3, -0.25) is 4.79 Å². The van der Waals surface area contributed by atoms with Crippen LogP contribution in [0.25, 0.3) is 0 Å². The number of nitrogens with one attached hydrogen (secondary N) is 1. The maximum atomic E-state index is 11.6. The van der Waals surface area contributed by atoms with E-state index in [1.165, 1.54) is 0 Å². The lowest BCUT2D eigenvalue weighted by atomic mass is 10.2. The number of carbonyl (C=O) groups is 2. The van der Waals surface area contributed by atoms with Gasteiger partial charge in [0.2, 0.25) is 5.91 Å². The number of amides is 3. The molecule has 1 atom stereocenters. The minimum absolute atomic E-state index is 0.00703. The van der Waals surface area contributed by atoms with E-state index in [-0.39, 0.29) is 18.0 Å². The summed E-state index contributed by atoms with van der Waals surface area (Å²) in [6.07, 6.45) is 0.536. The number of urea groups is 1. The number of alkyl halides is 1. The largest absolute Gasteiger partial charge is 0.339 e. The van der Waals surface area contributed by atoms with Crippen LogP contribution in [-0.2, 0) is 4.79 Å². The van der Waals surface area contributed by atoms with E-state index in [1.54, 1.807) is 0 Å². The summed E-state index contributed by atoms with van der Waals surface area (Å²) in [6, 6.07) is 0.179. The van der Waals surface area contributed by atoms with Crippen LogP contribution in [0.2, 0.25) is 0 Å². The first-order chi connectivity index (χ1) is 7.22. The molecule has 6 heteroatoms. The van der Waals surface area contributed by atoms with Gasteiger partial charge in [0.1, 0.15) is 0 Å². The van der Waals surface area contributed by atoms with Crippen LogP contribution in [0.4, 0.5) is 4.79 Å². The molecule has 84 valence electrons. The Kier molecular flexibility index (Phi) is 3.14. The van der Waals surface area contributed by atoms with E-state index >= 15 is 0 Å². The van der Waals surface area contributed by atoms with Gasteiger partial charge in [0.05, 0.1) is 6.04 Å². The Bertz CT molecular complexity index is 285. The number of halogens is 1. The lowest BCUT2D eigenvalue weighted by molar-refractivity contribution is -0.132. The predicted octanol–water partition coefficient (Wildman–Crippen LogP) is 0.00740. The highest BCUT2D eigenvalue weighted by atomic mass is 79.9. The fourth-order valence-corrected chi connectivity index (χ4v) is 2.41. The van der Waals surface area contributed by atoms with Crippen molar-refractivity contribution in [3.8, 4) is 0 Å². The summed E-state index contributed by atoms with van der Waals surface area (Å²) < 4.78 is 0. The summed E-state index contributed by atoms with van der Waals surface area (Å²) in [5.74, 6) is 0.172. The normalized spacial score (nSPS) is 25.1. The van der Waals surface area contributed by atoms with Crippen LogP contribution in [0.1, 0.15) is 6.42 Å². The number of hydrogen-bond donors (Lipinski definition) is 1. The Hall–Kier alpha value is -0.780. The number of nitrogens with zero attached hydrogens (tertiary/aromatic N) is 2. The van der Waals surface area contributed by atoms with Gasteiger partial charge in [-0.1, -0.05) is 15.9 Å². The zero-order valence-corrected chi connectivity index (χ0v) is 9.99. The second-order valence-electron chi connectivity index (χ2n) is 3.81. The van der Waals surface area contributed by atoms with Crippen LogP contribution >= 0.6 is 15.9 Å². The summed E-state index contributed by atoms with van der Waals surface area (Å²) in [4.78, 5) is 26.6. The Morgan fingerprint density at radius 2 is 2.33 bits per heavy atom. The SMILES string of the molecule is O=C(CCBr)N1CCN2C(=O)NCC2C1. The van der Waals surface area contributed by atoms with Crippen molar-refractivity contribution in [1.82, 2.24) is 15.1 Å². The fraction of sp³-hybridized carbons (Fsp3) is 0.778. The summed E-state index contributed by atoms with van der Waals surface area (Å²) in [7, 11) is 0. The highest BCUT2D eigenvalue weighted by molar-refractivity contribution is 9.09. The van der Waals surface area contributed by atoms with Gasteiger partial charge < -0.3 is 15.1 Å². The molecule has 1 N–H and O–H groups in total. The number of hydrogen-bond acceptors (Lipinski definition) is 2. The van der Waals surface area contributed by atoms with E-state index in [1.807, 2.05) is 9.80 Å². The second kappa shape index (κ2) is 4.38. The fourth-order valence-electron chi connectivity index (χ4n) is 2.07. The minimum Gasteiger partial charge on any atom is -0.339 e. The van der Waals surface area contributed by atoms with Crippen molar-refractivity contribution >= 4 is 27.9 Å². The first kappa shape index (κ1) is 10.7. The maximum Gasteiger partial charge on any atom is 0.317 e. The van der Waals surface area contributed by atoms with Crippen LogP contribution in [0.5, 0.6) is 0 Å². The number of carbonyl (C=O) groups excluding carboxylic acids is 2. The smallest absolute Gasteiger partial charge is 0.317 e. The molecule has 0 saturated carbocycles. The second-order valence-corrected chi connectivity index (χ2v) is 4.61. The summed E-state index contributed by atoms with van der Waals surface area (Å²) in [5.41, 5.74) is 0. The first-order valence-electron chi connectivity index (χ1n) is 5.10. The molecular weight excluding hydrogens is 262 g/mol. The zero-order chi connectivity index (χ0) is 10.8. The van der Waals surface area contributed by atoms with Crippen molar-refractivity contribution < 1.29 is 9.59 Å². The van der Waals surface area contributed by atoms with Crippen molar-refractivity contribution in [2.45, 2.75) is 12.5 Å². The van der Waals surface area contributed by atoms with Crippen LogP contribution in [0, 0.1) is 0 Å². The van der Waals surface area contributed by atoms with E-state index in [2.05, 4.69) is 21.2 Å². The Morgan fingerprint density at radius 3 is 3.07 bits per heavy atom. The van der Waals surface area contributed by atoms with Crippen LogP contribution in [0.15, 0.2) is 0 Å². The monoisotopic (exact) mass is 275 g/mol. The van der Waals surface area contributed by atoms with E-state index in [4.69, 9.17) is 0 Å². The first-order valence-corrected chi connectivity index (χ1v) is 6.22. The molecule has 0 spiro atoms. The molecule has 15 heavy (non-hydrogen) atoms. The van der Waals surface area contributed by atoms with Gasteiger partial charge in [-0.05, 0) is 0 Å². The van der Waals surface area contributed by atoms with Crippen molar-refractivity contribution in [3.63, 3.8) is 0 Å². The molecule has 0 aromatic heterocycles. The molecule has 0 aromatic carbocycles. The van der Waals surface area contributed by atoms with E-state index in [0.717, 1.165) is 0 Å². The molecule has 2 heterocycles. The van der Waals surface area contributed by atoms with Crippen molar-refractivity contribution in [1.29, 1.82) is 0 Å². The molecule has 2 aliphatic heterocycles. The molecule has 3 amide bonds. The Labute approximate surface area is 96.9 Å². The Morgan fingerprint density at radius 1 is 1.53 bits per heavy atom. The predicted molar refractivity (Wildman–Crippen MR) is 58.9 cm³/mol. The molecule has 0 aromatic rings. The lowest BCUT2D eigenvalue weighted by Crippen LogP contribution is -2.53. The number of rotatable bonds is 2. The van der Waals surface area contributed by atoms with E-state index in [9.17, 15) is 9.59 Å². The molecule has 1 unspecified atom stereocenters. The Balaban J connectivity index is 1.93. The third-order valence-corrected chi connectivity index (χ3v) is 3.29. The molecule has 0 aliphatic carbocycles. The quantitative estimate of drug-likeness (QED) is 0.722. The summed E-state index contributed by atoms with van der Waals surface area (Å²) in [5, 5.41) is 3.50. The molecule has 2 aliphatic rings. The average Bonchev–Trinajstić information content (AvgIpc) is 2.60. The molecule has 2 rings (SSSR count). The molecule has 5 nitrogen and oxygen atoms in total. The van der Waals surface area contributed by atoms with Gasteiger partial charge in [0.25, 0.3) is 0 Å². The van der Waals surface area contributed by atoms with Gasteiger partial charge in [-0.15, -0.1) is 0 Å². The summed E-state index contributed by atoms with van der Waals surface area (Å²) >= 11 is 3.26. The zero-order valence-electron chi connectivity index (χ0n) is 8.41. The average molecular weight is 276 g/mol. The van der Waals surface area contributed by atoms with Gasteiger partial charge in [0, 0.05) is 37.9 Å². The van der Waals surface area contributed by atoms with Gasteiger partial charge in [-0.2, -0.15) is 0 Å². The molecular formula is C9H14BrN3O2. The van der Waals surface area contributed by atoms with E-state index < -0.39 is 0 Å². The highest BCUT2D eigenvalue weighted by Crippen LogP contribution is 2.14. The maximum absolute atomic E-state index is 11.6.